The molecular formula is C33H29N3O3S. The third kappa shape index (κ3) is 3.50. The van der Waals surface area contributed by atoms with E-state index in [-0.39, 0.29) is 23.8 Å². The molecule has 0 bridgehead atoms. The van der Waals surface area contributed by atoms with Gasteiger partial charge >= 0.3 is 0 Å². The van der Waals surface area contributed by atoms with E-state index >= 15 is 0 Å². The van der Waals surface area contributed by atoms with E-state index in [2.05, 4.69) is 5.32 Å². The number of anilines is 2. The molecule has 200 valence electrons. The maximum absolute atomic E-state index is 14.6. The van der Waals surface area contributed by atoms with Crippen LogP contribution in [0.4, 0.5) is 11.4 Å². The molecule has 3 heterocycles. The molecule has 0 unspecified atom stereocenters. The number of benzene rings is 4. The van der Waals surface area contributed by atoms with Crippen molar-refractivity contribution in [2.75, 3.05) is 21.8 Å². The van der Waals surface area contributed by atoms with E-state index in [1.165, 1.54) is 4.90 Å². The van der Waals surface area contributed by atoms with Crippen LogP contribution in [0.5, 0.6) is 0 Å². The standard InChI is InChI=1S/C33H29N3O3S/c1-40-19-18-25-28-29(31(38)36(30(28)37)26-17-9-13-22-12-5-6-14-23(22)26)33(34-25)24-15-7-8-16-27(24)35(32(33)39)20-21-10-3-2-4-11-21/h2-17,25,28-29,34H,18-20H2,1H3/t25-,28+,29-,33-/m0/s1. The molecular weight excluding hydrogens is 518 g/mol. The largest absolute Gasteiger partial charge is 0.306 e. The summed E-state index contributed by atoms with van der Waals surface area (Å²) in [4.78, 5) is 46.6. The summed E-state index contributed by atoms with van der Waals surface area (Å²) in [7, 11) is 0. The Morgan fingerprint density at radius 2 is 1.50 bits per heavy atom. The fraction of sp³-hybridized carbons (Fsp3) is 0.242. The second-order valence-corrected chi connectivity index (χ2v) is 11.7. The Bertz CT molecular complexity index is 1650. The maximum Gasteiger partial charge on any atom is 0.253 e. The van der Waals surface area contributed by atoms with Gasteiger partial charge in [0.2, 0.25) is 11.8 Å². The predicted molar refractivity (Wildman–Crippen MR) is 159 cm³/mol. The van der Waals surface area contributed by atoms with E-state index in [0.717, 1.165) is 33.3 Å². The average Bonchev–Trinajstić information content (AvgIpc) is 3.55. The highest BCUT2D eigenvalue weighted by Crippen LogP contribution is 2.56. The van der Waals surface area contributed by atoms with Crippen LogP contribution in [0.1, 0.15) is 17.5 Å². The molecule has 0 aromatic heterocycles. The molecule has 4 aromatic carbocycles. The lowest BCUT2D eigenvalue weighted by atomic mass is 9.76. The lowest BCUT2D eigenvalue weighted by Gasteiger charge is -2.31. The van der Waals surface area contributed by atoms with Crippen molar-refractivity contribution in [1.82, 2.24) is 5.32 Å². The minimum atomic E-state index is -1.30. The van der Waals surface area contributed by atoms with Crippen molar-refractivity contribution in [1.29, 1.82) is 0 Å². The van der Waals surface area contributed by atoms with Gasteiger partial charge in [-0.1, -0.05) is 84.9 Å². The molecule has 7 heteroatoms. The molecule has 40 heavy (non-hydrogen) atoms. The minimum absolute atomic E-state index is 0.167. The van der Waals surface area contributed by atoms with Crippen molar-refractivity contribution < 1.29 is 14.4 Å². The number of thioether (sulfide) groups is 1. The van der Waals surface area contributed by atoms with Crippen molar-refractivity contribution in [3.8, 4) is 0 Å². The topological polar surface area (TPSA) is 69.7 Å². The smallest absolute Gasteiger partial charge is 0.253 e. The first-order chi connectivity index (χ1) is 19.6. The first-order valence-electron chi connectivity index (χ1n) is 13.6. The molecule has 2 saturated heterocycles. The van der Waals surface area contributed by atoms with Crippen molar-refractivity contribution in [2.24, 2.45) is 11.8 Å². The van der Waals surface area contributed by atoms with Gasteiger partial charge in [0.05, 0.1) is 24.1 Å². The fourth-order valence-electron chi connectivity index (χ4n) is 7.00. The summed E-state index contributed by atoms with van der Waals surface area (Å²) in [5.41, 5.74) is 1.85. The summed E-state index contributed by atoms with van der Waals surface area (Å²) in [6, 6.07) is 30.8. The third-order valence-electron chi connectivity index (χ3n) is 8.69. The second-order valence-electron chi connectivity index (χ2n) is 10.7. The highest BCUT2D eigenvalue weighted by molar-refractivity contribution is 7.98. The summed E-state index contributed by atoms with van der Waals surface area (Å²) >= 11 is 1.70. The van der Waals surface area contributed by atoms with E-state index in [0.29, 0.717) is 18.7 Å². The number of rotatable bonds is 6. The van der Waals surface area contributed by atoms with Gasteiger partial charge in [-0.25, -0.2) is 4.90 Å². The summed E-state index contributed by atoms with van der Waals surface area (Å²) < 4.78 is 0. The Morgan fingerprint density at radius 1 is 0.800 bits per heavy atom. The summed E-state index contributed by atoms with van der Waals surface area (Å²) in [6.07, 6.45) is 2.71. The van der Waals surface area contributed by atoms with Gasteiger partial charge in [-0.3, -0.25) is 19.7 Å². The van der Waals surface area contributed by atoms with Crippen LogP contribution < -0.4 is 15.1 Å². The van der Waals surface area contributed by atoms with Crippen LogP contribution in [0.15, 0.2) is 97.1 Å². The first-order valence-corrected chi connectivity index (χ1v) is 15.0. The van der Waals surface area contributed by atoms with Crippen LogP contribution in [-0.2, 0) is 26.5 Å². The normalized spacial score (nSPS) is 25.3. The number of carbonyl (C=O) groups excluding carboxylic acids is 3. The molecule has 0 saturated carbocycles. The number of carbonyl (C=O) groups is 3. The molecule has 6 nitrogen and oxygen atoms in total. The molecule has 7 rings (SSSR count). The number of imide groups is 1. The van der Waals surface area contributed by atoms with Gasteiger partial charge in [0, 0.05) is 22.7 Å². The molecule has 0 radical (unpaired) electrons. The number of amides is 3. The maximum atomic E-state index is 14.6. The van der Waals surface area contributed by atoms with Gasteiger partial charge in [0.25, 0.3) is 5.91 Å². The molecule has 4 aromatic rings. The van der Waals surface area contributed by atoms with Crippen molar-refractivity contribution in [3.05, 3.63) is 108 Å². The van der Waals surface area contributed by atoms with Crippen molar-refractivity contribution >= 4 is 51.6 Å². The van der Waals surface area contributed by atoms with E-state index < -0.39 is 17.4 Å². The van der Waals surface area contributed by atoms with Gasteiger partial charge in [0.1, 0.15) is 5.54 Å². The van der Waals surface area contributed by atoms with Crippen LogP contribution in [0.3, 0.4) is 0 Å². The van der Waals surface area contributed by atoms with Crippen LogP contribution in [-0.4, -0.2) is 35.8 Å². The number of nitrogens with one attached hydrogen (secondary N) is 1. The van der Waals surface area contributed by atoms with Crippen LogP contribution in [0.25, 0.3) is 10.8 Å². The summed E-state index contributed by atoms with van der Waals surface area (Å²) in [6.45, 7) is 0.391. The monoisotopic (exact) mass is 547 g/mol. The molecule has 0 aliphatic carbocycles. The number of hydrogen-bond acceptors (Lipinski definition) is 5. The molecule has 1 N–H and O–H groups in total. The second kappa shape index (κ2) is 9.61. The SMILES string of the molecule is CSCC[C@@H]1N[C@]2(C(=O)N(Cc3ccccc3)c3ccccc32)[C@@H]2C(=O)N(c3cccc4ccccc34)C(=O)[C@H]12. The summed E-state index contributed by atoms with van der Waals surface area (Å²) in [5, 5.41) is 5.43. The molecule has 3 aliphatic heterocycles. The highest BCUT2D eigenvalue weighted by atomic mass is 32.2. The van der Waals surface area contributed by atoms with E-state index in [9.17, 15) is 14.4 Å². The first kappa shape index (κ1) is 25.1. The fourth-order valence-corrected chi connectivity index (χ4v) is 7.49. The number of hydrogen-bond donors (Lipinski definition) is 1. The van der Waals surface area contributed by atoms with Crippen LogP contribution >= 0.6 is 11.8 Å². The Balaban J connectivity index is 1.38. The van der Waals surface area contributed by atoms with Gasteiger partial charge < -0.3 is 4.90 Å². The molecule has 3 amide bonds. The predicted octanol–water partition coefficient (Wildman–Crippen LogP) is 5.11. The van der Waals surface area contributed by atoms with Gasteiger partial charge in [0.15, 0.2) is 0 Å². The molecule has 1 spiro atoms. The third-order valence-corrected chi connectivity index (χ3v) is 9.33. The van der Waals surface area contributed by atoms with Crippen LogP contribution in [0, 0.1) is 11.8 Å². The number of nitrogens with zero attached hydrogens (tertiary/aromatic N) is 2. The van der Waals surface area contributed by atoms with E-state index in [4.69, 9.17) is 0 Å². The molecule has 3 aliphatic rings. The Labute approximate surface area is 237 Å². The zero-order chi connectivity index (χ0) is 27.4. The molecule has 2 fully saturated rings. The van der Waals surface area contributed by atoms with Gasteiger partial charge in [-0.2, -0.15) is 11.8 Å². The molecule has 4 atom stereocenters. The van der Waals surface area contributed by atoms with Gasteiger partial charge in [-0.05, 0) is 41.5 Å². The van der Waals surface area contributed by atoms with Crippen molar-refractivity contribution in [3.63, 3.8) is 0 Å². The summed E-state index contributed by atoms with van der Waals surface area (Å²) in [5.74, 6) is -1.35. The van der Waals surface area contributed by atoms with Gasteiger partial charge in [-0.15, -0.1) is 0 Å². The highest BCUT2D eigenvalue weighted by Gasteiger charge is 2.71. The zero-order valence-corrected chi connectivity index (χ0v) is 22.9. The lowest BCUT2D eigenvalue weighted by Crippen LogP contribution is -2.55. The van der Waals surface area contributed by atoms with E-state index in [1.54, 1.807) is 16.7 Å². The number of para-hydroxylation sites is 1. The number of fused-ring (bicyclic) bond motifs is 5. The Hall–Kier alpha value is -3.94. The van der Waals surface area contributed by atoms with Crippen molar-refractivity contribution in [2.45, 2.75) is 24.5 Å². The minimum Gasteiger partial charge on any atom is -0.306 e. The quantitative estimate of drug-likeness (QED) is 0.340. The lowest BCUT2D eigenvalue weighted by molar-refractivity contribution is -0.132. The average molecular weight is 548 g/mol. The van der Waals surface area contributed by atoms with E-state index in [1.807, 2.05) is 103 Å². The van der Waals surface area contributed by atoms with Crippen LogP contribution in [0.2, 0.25) is 0 Å². The zero-order valence-electron chi connectivity index (χ0n) is 22.1. The Morgan fingerprint density at radius 3 is 2.33 bits per heavy atom. The Kier molecular flexibility index (Phi) is 6.02.